The number of ether oxygens (including phenoxy) is 1. The number of thioether (sulfide) groups is 1. The van der Waals surface area contributed by atoms with Gasteiger partial charge in [0.2, 0.25) is 6.23 Å². The van der Waals surface area contributed by atoms with Crippen LogP contribution in [0, 0.1) is 6.92 Å². The SMILES string of the molecule is CSc1ccc([C@H]2Oc3ccc(Br)cc3[C@H]3CC(c4ccc(C)o4)=NN32)cc1. The first-order valence-electron chi connectivity index (χ1n) is 9.15. The van der Waals surface area contributed by atoms with Crippen molar-refractivity contribution in [3.05, 3.63) is 81.7 Å². The highest BCUT2D eigenvalue weighted by Gasteiger charge is 2.41. The van der Waals surface area contributed by atoms with E-state index in [4.69, 9.17) is 14.3 Å². The molecule has 0 N–H and O–H groups in total. The van der Waals surface area contributed by atoms with Crippen molar-refractivity contribution < 1.29 is 9.15 Å². The minimum Gasteiger partial charge on any atom is -0.464 e. The van der Waals surface area contributed by atoms with Gasteiger partial charge in [-0.25, -0.2) is 5.01 Å². The van der Waals surface area contributed by atoms with Gasteiger partial charge in [-0.1, -0.05) is 28.1 Å². The zero-order valence-electron chi connectivity index (χ0n) is 15.6. The highest BCUT2D eigenvalue weighted by Crippen LogP contribution is 2.48. The van der Waals surface area contributed by atoms with Crippen molar-refractivity contribution in [3.63, 3.8) is 0 Å². The molecule has 6 heteroatoms. The Labute approximate surface area is 176 Å². The Balaban J connectivity index is 1.58. The fourth-order valence-electron chi connectivity index (χ4n) is 3.79. The third-order valence-corrected chi connectivity index (χ3v) is 6.41. The van der Waals surface area contributed by atoms with Gasteiger partial charge >= 0.3 is 0 Å². The number of benzene rings is 2. The van der Waals surface area contributed by atoms with Crippen molar-refractivity contribution in [2.24, 2.45) is 5.10 Å². The Bertz CT molecular complexity index is 1060. The van der Waals surface area contributed by atoms with Crippen molar-refractivity contribution in [2.45, 2.75) is 30.5 Å². The lowest BCUT2D eigenvalue weighted by molar-refractivity contribution is -0.0191. The van der Waals surface area contributed by atoms with Gasteiger partial charge in [0.25, 0.3) is 0 Å². The molecule has 2 aliphatic heterocycles. The van der Waals surface area contributed by atoms with Gasteiger partial charge in [-0.2, -0.15) is 5.10 Å². The summed E-state index contributed by atoms with van der Waals surface area (Å²) in [6.07, 6.45) is 2.61. The average Bonchev–Trinajstić information content (AvgIpc) is 3.34. The number of nitrogens with zero attached hydrogens (tertiary/aromatic N) is 2. The van der Waals surface area contributed by atoms with Gasteiger partial charge in [0.15, 0.2) is 0 Å². The summed E-state index contributed by atoms with van der Waals surface area (Å²) in [6, 6.07) is 18.8. The van der Waals surface area contributed by atoms with Crippen LogP contribution in [0.4, 0.5) is 0 Å². The lowest BCUT2D eigenvalue weighted by atomic mass is 9.97. The van der Waals surface area contributed by atoms with Gasteiger partial charge < -0.3 is 9.15 Å². The predicted molar refractivity (Wildman–Crippen MR) is 115 cm³/mol. The van der Waals surface area contributed by atoms with E-state index in [9.17, 15) is 0 Å². The average molecular weight is 455 g/mol. The molecule has 5 rings (SSSR count). The molecule has 2 aromatic carbocycles. The van der Waals surface area contributed by atoms with Crippen LogP contribution < -0.4 is 4.74 Å². The molecule has 4 nitrogen and oxygen atoms in total. The Morgan fingerprint density at radius 3 is 2.64 bits per heavy atom. The van der Waals surface area contributed by atoms with E-state index in [2.05, 4.69) is 57.5 Å². The minimum atomic E-state index is -0.261. The summed E-state index contributed by atoms with van der Waals surface area (Å²) in [5.74, 6) is 2.64. The van der Waals surface area contributed by atoms with Crippen LogP contribution in [-0.4, -0.2) is 17.0 Å². The molecular weight excluding hydrogens is 436 g/mol. The summed E-state index contributed by atoms with van der Waals surface area (Å²) in [7, 11) is 0. The van der Waals surface area contributed by atoms with Gasteiger partial charge in [0, 0.05) is 26.9 Å². The van der Waals surface area contributed by atoms with E-state index in [1.54, 1.807) is 11.8 Å². The smallest absolute Gasteiger partial charge is 0.213 e. The maximum atomic E-state index is 6.41. The number of aryl methyl sites for hydroxylation is 1. The summed E-state index contributed by atoms with van der Waals surface area (Å²) in [5, 5.41) is 7.01. The molecule has 28 heavy (non-hydrogen) atoms. The number of halogens is 1. The fourth-order valence-corrected chi connectivity index (χ4v) is 4.57. The zero-order chi connectivity index (χ0) is 19.3. The molecule has 0 amide bonds. The van der Waals surface area contributed by atoms with Gasteiger partial charge in [-0.3, -0.25) is 0 Å². The molecule has 0 aliphatic carbocycles. The van der Waals surface area contributed by atoms with Crippen LogP contribution in [0.15, 0.2) is 73.5 Å². The van der Waals surface area contributed by atoms with Gasteiger partial charge in [0.05, 0.1) is 6.04 Å². The second-order valence-electron chi connectivity index (χ2n) is 6.98. The first-order chi connectivity index (χ1) is 13.6. The number of hydrogen-bond donors (Lipinski definition) is 0. The summed E-state index contributed by atoms with van der Waals surface area (Å²) in [5.41, 5.74) is 3.20. The first kappa shape index (κ1) is 17.9. The number of fused-ring (bicyclic) bond motifs is 3. The van der Waals surface area contributed by atoms with E-state index in [0.29, 0.717) is 0 Å². The molecule has 142 valence electrons. The molecule has 1 aromatic heterocycles. The highest BCUT2D eigenvalue weighted by molar-refractivity contribution is 9.10. The topological polar surface area (TPSA) is 38.0 Å². The third kappa shape index (κ3) is 3.05. The van der Waals surface area contributed by atoms with Crippen LogP contribution >= 0.6 is 27.7 Å². The van der Waals surface area contributed by atoms with Gasteiger partial charge in [0.1, 0.15) is 23.0 Å². The molecule has 0 saturated carbocycles. The largest absolute Gasteiger partial charge is 0.464 e. The number of hydrazone groups is 1. The quantitative estimate of drug-likeness (QED) is 0.434. The normalized spacial score (nSPS) is 20.4. The Hall–Kier alpha value is -2.18. The van der Waals surface area contributed by atoms with Crippen molar-refractivity contribution in [1.29, 1.82) is 0 Å². The molecule has 2 aliphatic rings. The van der Waals surface area contributed by atoms with Crippen LogP contribution in [0.3, 0.4) is 0 Å². The Morgan fingerprint density at radius 2 is 1.93 bits per heavy atom. The summed E-state index contributed by atoms with van der Waals surface area (Å²) in [4.78, 5) is 1.23. The van der Waals surface area contributed by atoms with Crippen LogP contribution in [-0.2, 0) is 0 Å². The molecule has 0 unspecified atom stereocenters. The molecule has 0 saturated heterocycles. The molecule has 0 bridgehead atoms. The molecule has 3 heterocycles. The lowest BCUT2D eigenvalue weighted by Gasteiger charge is -2.38. The summed E-state index contributed by atoms with van der Waals surface area (Å²) < 4.78 is 13.3. The van der Waals surface area contributed by atoms with Crippen LogP contribution in [0.2, 0.25) is 0 Å². The van der Waals surface area contributed by atoms with Crippen LogP contribution in [0.25, 0.3) is 0 Å². The van der Waals surface area contributed by atoms with Crippen molar-refractivity contribution in [1.82, 2.24) is 5.01 Å². The molecule has 0 spiro atoms. The molecule has 0 fully saturated rings. The zero-order valence-corrected chi connectivity index (χ0v) is 18.0. The van der Waals surface area contributed by atoms with Gasteiger partial charge in [-0.15, -0.1) is 11.8 Å². The van der Waals surface area contributed by atoms with E-state index in [1.807, 2.05) is 31.2 Å². The summed E-state index contributed by atoms with van der Waals surface area (Å²) >= 11 is 5.33. The molecule has 3 aromatic rings. The third-order valence-electron chi connectivity index (χ3n) is 5.18. The van der Waals surface area contributed by atoms with Gasteiger partial charge in [-0.05, 0) is 55.6 Å². The molecule has 2 atom stereocenters. The minimum absolute atomic E-state index is 0.117. The van der Waals surface area contributed by atoms with E-state index >= 15 is 0 Å². The number of furan rings is 1. The Morgan fingerprint density at radius 1 is 1.11 bits per heavy atom. The second kappa shape index (κ2) is 7.01. The lowest BCUT2D eigenvalue weighted by Crippen LogP contribution is -2.33. The van der Waals surface area contributed by atoms with E-state index < -0.39 is 0 Å². The predicted octanol–water partition coefficient (Wildman–Crippen LogP) is 6.31. The second-order valence-corrected chi connectivity index (χ2v) is 8.78. The van der Waals surface area contributed by atoms with Crippen LogP contribution in [0.1, 0.15) is 41.3 Å². The highest BCUT2D eigenvalue weighted by atomic mass is 79.9. The number of rotatable bonds is 3. The van der Waals surface area contributed by atoms with Crippen molar-refractivity contribution >= 4 is 33.4 Å². The standard InChI is InChI=1S/C22H19BrN2O2S/c1-13-3-9-21(26-13)18-12-19-17-11-15(23)6-10-20(17)27-22(25(19)24-18)14-4-7-16(28-2)8-5-14/h3-11,19,22H,12H2,1-2H3/t19-,22-/m1/s1. The maximum absolute atomic E-state index is 6.41. The maximum Gasteiger partial charge on any atom is 0.213 e. The van der Waals surface area contributed by atoms with Crippen LogP contribution in [0.5, 0.6) is 5.75 Å². The monoisotopic (exact) mass is 454 g/mol. The van der Waals surface area contributed by atoms with E-state index in [-0.39, 0.29) is 12.3 Å². The Kier molecular flexibility index (Phi) is 4.48. The molecular formula is C22H19BrN2O2S. The van der Waals surface area contributed by atoms with E-state index in [1.165, 1.54) is 4.90 Å². The fraction of sp³-hybridized carbons (Fsp3) is 0.227. The van der Waals surface area contributed by atoms with E-state index in [0.717, 1.165) is 45.0 Å². The van der Waals surface area contributed by atoms with Crippen molar-refractivity contribution in [2.75, 3.05) is 6.26 Å². The van der Waals surface area contributed by atoms with Crippen molar-refractivity contribution in [3.8, 4) is 5.75 Å². The molecule has 0 radical (unpaired) electrons. The first-order valence-corrected chi connectivity index (χ1v) is 11.2. The summed E-state index contributed by atoms with van der Waals surface area (Å²) in [6.45, 7) is 1.96. The number of hydrogen-bond acceptors (Lipinski definition) is 5.